The zero-order valence-electron chi connectivity index (χ0n) is 16.5. The second kappa shape index (κ2) is 8.61. The van der Waals surface area contributed by atoms with Gasteiger partial charge in [-0.2, -0.15) is 0 Å². The summed E-state index contributed by atoms with van der Waals surface area (Å²) in [6.07, 6.45) is 1.90. The quantitative estimate of drug-likeness (QED) is 0.596. The first-order valence-electron chi connectivity index (χ1n) is 9.49. The van der Waals surface area contributed by atoms with Crippen molar-refractivity contribution in [3.05, 3.63) is 65.9 Å². The van der Waals surface area contributed by atoms with Crippen molar-refractivity contribution >= 4 is 28.5 Å². The van der Waals surface area contributed by atoms with Gasteiger partial charge in [0.2, 0.25) is 0 Å². The molecular weight excluding hydrogens is 352 g/mol. The van der Waals surface area contributed by atoms with E-state index in [-0.39, 0.29) is 18.0 Å². The fourth-order valence-corrected chi connectivity index (χ4v) is 3.12. The minimum atomic E-state index is -0.323. The number of aromatic amines is 1. The maximum Gasteiger partial charge on any atom is 0.319 e. The predicted octanol–water partition coefficient (Wildman–Crippen LogP) is 4.36. The molecule has 3 rings (SSSR count). The van der Waals surface area contributed by atoms with Gasteiger partial charge in [0.05, 0.1) is 11.3 Å². The van der Waals surface area contributed by atoms with E-state index in [9.17, 15) is 9.59 Å². The molecule has 0 saturated carbocycles. The molecule has 0 aliphatic rings. The van der Waals surface area contributed by atoms with Crippen molar-refractivity contribution in [3.8, 4) is 0 Å². The van der Waals surface area contributed by atoms with E-state index in [1.807, 2.05) is 45.2 Å². The van der Waals surface area contributed by atoms with Crippen LogP contribution in [0.4, 0.5) is 10.5 Å². The van der Waals surface area contributed by atoms with E-state index < -0.39 is 0 Å². The van der Waals surface area contributed by atoms with Crippen molar-refractivity contribution in [2.24, 2.45) is 0 Å². The Bertz CT molecular complexity index is 977. The van der Waals surface area contributed by atoms with E-state index in [1.54, 1.807) is 29.2 Å². The minimum Gasteiger partial charge on any atom is -0.361 e. The fourth-order valence-electron chi connectivity index (χ4n) is 3.12. The molecule has 3 N–H and O–H groups in total. The topological polar surface area (TPSA) is 77.2 Å². The number of nitrogens with one attached hydrogen (secondary N) is 3. The van der Waals surface area contributed by atoms with E-state index in [2.05, 4.69) is 21.7 Å². The van der Waals surface area contributed by atoms with E-state index in [4.69, 9.17) is 0 Å². The lowest BCUT2D eigenvalue weighted by molar-refractivity contribution is 0.0753. The van der Waals surface area contributed by atoms with Gasteiger partial charge in [-0.25, -0.2) is 4.79 Å². The van der Waals surface area contributed by atoms with Gasteiger partial charge < -0.3 is 20.5 Å². The standard InChI is InChI=1S/C22H26N4O2/c1-4-26(14-16-9-10-19-17(13-16)11-12-23-19)21(27)18-7-5-6-8-20(18)25-22(28)24-15(2)3/h5-13,15,23H,4,14H2,1-3H3,(H2,24,25,28). The SMILES string of the molecule is CCN(Cc1ccc2[nH]ccc2c1)C(=O)c1ccccc1NC(=O)NC(C)C. The minimum absolute atomic E-state index is 0.0124. The molecule has 28 heavy (non-hydrogen) atoms. The lowest BCUT2D eigenvalue weighted by Gasteiger charge is -2.23. The lowest BCUT2D eigenvalue weighted by Crippen LogP contribution is -2.35. The summed E-state index contributed by atoms with van der Waals surface area (Å²) >= 11 is 0. The molecule has 0 aliphatic carbocycles. The average molecular weight is 378 g/mol. The van der Waals surface area contributed by atoms with Gasteiger partial charge in [0.25, 0.3) is 5.91 Å². The van der Waals surface area contributed by atoms with Crippen molar-refractivity contribution in [2.45, 2.75) is 33.4 Å². The van der Waals surface area contributed by atoms with Crippen molar-refractivity contribution in [1.82, 2.24) is 15.2 Å². The highest BCUT2D eigenvalue weighted by molar-refractivity contribution is 6.03. The van der Waals surface area contributed by atoms with Gasteiger partial charge in [0.15, 0.2) is 0 Å². The van der Waals surface area contributed by atoms with Crippen LogP contribution in [0.2, 0.25) is 0 Å². The molecule has 0 atom stereocenters. The van der Waals surface area contributed by atoms with Gasteiger partial charge in [0.1, 0.15) is 0 Å². The van der Waals surface area contributed by atoms with E-state index in [0.29, 0.717) is 24.3 Å². The molecule has 0 radical (unpaired) electrons. The number of amides is 3. The highest BCUT2D eigenvalue weighted by Crippen LogP contribution is 2.20. The Kier molecular flexibility index (Phi) is 5.99. The Balaban J connectivity index is 1.79. The van der Waals surface area contributed by atoms with Crippen LogP contribution in [0, 0.1) is 0 Å². The number of nitrogens with zero attached hydrogens (tertiary/aromatic N) is 1. The van der Waals surface area contributed by atoms with Crippen LogP contribution < -0.4 is 10.6 Å². The number of H-pyrrole nitrogens is 1. The second-order valence-corrected chi connectivity index (χ2v) is 7.02. The van der Waals surface area contributed by atoms with Crippen LogP contribution in [0.3, 0.4) is 0 Å². The maximum absolute atomic E-state index is 13.2. The number of para-hydroxylation sites is 1. The molecule has 146 valence electrons. The third-order valence-corrected chi connectivity index (χ3v) is 4.49. The summed E-state index contributed by atoms with van der Waals surface area (Å²) in [6, 6.07) is 14.9. The summed E-state index contributed by atoms with van der Waals surface area (Å²) in [4.78, 5) is 30.2. The van der Waals surface area contributed by atoms with Crippen LogP contribution in [0.25, 0.3) is 10.9 Å². The second-order valence-electron chi connectivity index (χ2n) is 7.02. The summed E-state index contributed by atoms with van der Waals surface area (Å²) < 4.78 is 0. The maximum atomic E-state index is 13.2. The van der Waals surface area contributed by atoms with E-state index in [0.717, 1.165) is 16.5 Å². The van der Waals surface area contributed by atoms with Crippen LogP contribution in [-0.2, 0) is 6.54 Å². The molecule has 0 bridgehead atoms. The summed E-state index contributed by atoms with van der Waals surface area (Å²) in [5.74, 6) is -0.114. The molecule has 0 saturated heterocycles. The average Bonchev–Trinajstić information content (AvgIpc) is 3.13. The number of hydrogen-bond donors (Lipinski definition) is 3. The molecule has 1 heterocycles. The third kappa shape index (κ3) is 4.52. The number of carbonyl (C=O) groups excluding carboxylic acids is 2. The van der Waals surface area contributed by atoms with Crippen molar-refractivity contribution in [3.63, 3.8) is 0 Å². The molecule has 2 aromatic carbocycles. The Morgan fingerprint density at radius 3 is 2.64 bits per heavy atom. The van der Waals surface area contributed by atoms with Gasteiger partial charge in [-0.05, 0) is 62.1 Å². The van der Waals surface area contributed by atoms with Crippen molar-refractivity contribution in [1.29, 1.82) is 0 Å². The molecule has 6 heteroatoms. The molecule has 3 amide bonds. The molecule has 0 spiro atoms. The van der Waals surface area contributed by atoms with Gasteiger partial charge >= 0.3 is 6.03 Å². The zero-order chi connectivity index (χ0) is 20.1. The summed E-state index contributed by atoms with van der Waals surface area (Å²) in [7, 11) is 0. The van der Waals surface area contributed by atoms with Crippen LogP contribution >= 0.6 is 0 Å². The monoisotopic (exact) mass is 378 g/mol. The Hall–Kier alpha value is -3.28. The van der Waals surface area contributed by atoms with Crippen LogP contribution in [0.1, 0.15) is 36.7 Å². The smallest absolute Gasteiger partial charge is 0.319 e. The number of anilines is 1. The Morgan fingerprint density at radius 1 is 1.11 bits per heavy atom. The van der Waals surface area contributed by atoms with E-state index >= 15 is 0 Å². The fraction of sp³-hybridized carbons (Fsp3) is 0.273. The molecule has 6 nitrogen and oxygen atoms in total. The summed E-state index contributed by atoms with van der Waals surface area (Å²) in [5, 5.41) is 6.68. The molecule has 1 aromatic heterocycles. The predicted molar refractivity (Wildman–Crippen MR) is 112 cm³/mol. The highest BCUT2D eigenvalue weighted by Gasteiger charge is 2.19. The highest BCUT2D eigenvalue weighted by atomic mass is 16.2. The van der Waals surface area contributed by atoms with Gasteiger partial charge in [-0.1, -0.05) is 18.2 Å². The largest absolute Gasteiger partial charge is 0.361 e. The molecule has 0 aliphatic heterocycles. The van der Waals surface area contributed by atoms with Crippen molar-refractivity contribution < 1.29 is 9.59 Å². The van der Waals surface area contributed by atoms with Gasteiger partial charge in [0, 0.05) is 30.8 Å². The number of carbonyl (C=O) groups is 2. The van der Waals surface area contributed by atoms with Crippen LogP contribution in [0.15, 0.2) is 54.7 Å². The third-order valence-electron chi connectivity index (χ3n) is 4.49. The number of fused-ring (bicyclic) bond motifs is 1. The normalized spacial score (nSPS) is 10.9. The molecule has 3 aromatic rings. The summed E-state index contributed by atoms with van der Waals surface area (Å²) in [6.45, 7) is 6.79. The van der Waals surface area contributed by atoms with Crippen LogP contribution in [0.5, 0.6) is 0 Å². The molecule has 0 unspecified atom stereocenters. The number of rotatable bonds is 6. The Morgan fingerprint density at radius 2 is 1.89 bits per heavy atom. The summed E-state index contributed by atoms with van der Waals surface area (Å²) in [5.41, 5.74) is 3.12. The first kappa shape index (κ1) is 19.5. The van der Waals surface area contributed by atoms with Crippen LogP contribution in [-0.4, -0.2) is 34.4 Å². The first-order chi connectivity index (χ1) is 13.5. The molecule has 0 fully saturated rings. The Labute approximate surface area is 164 Å². The number of hydrogen-bond acceptors (Lipinski definition) is 2. The zero-order valence-corrected chi connectivity index (χ0v) is 16.5. The number of benzene rings is 2. The molecular formula is C22H26N4O2. The number of aromatic nitrogens is 1. The first-order valence-corrected chi connectivity index (χ1v) is 9.49. The van der Waals surface area contributed by atoms with Gasteiger partial charge in [-0.3, -0.25) is 4.79 Å². The lowest BCUT2D eigenvalue weighted by atomic mass is 10.1. The van der Waals surface area contributed by atoms with Gasteiger partial charge in [-0.15, -0.1) is 0 Å². The van der Waals surface area contributed by atoms with E-state index in [1.165, 1.54) is 0 Å². The van der Waals surface area contributed by atoms with Crippen molar-refractivity contribution in [2.75, 3.05) is 11.9 Å². The number of urea groups is 1.